The van der Waals surface area contributed by atoms with E-state index in [1.165, 1.54) is 22.5 Å². The molecule has 0 saturated heterocycles. The van der Waals surface area contributed by atoms with Crippen LogP contribution in [0.2, 0.25) is 0 Å². The lowest BCUT2D eigenvalue weighted by Crippen LogP contribution is -2.11. The van der Waals surface area contributed by atoms with Gasteiger partial charge in [0, 0.05) is 28.0 Å². The second kappa shape index (κ2) is 9.06. The van der Waals surface area contributed by atoms with Gasteiger partial charge in [-0.25, -0.2) is 4.98 Å². The summed E-state index contributed by atoms with van der Waals surface area (Å²) in [5.74, 6) is 1.53. The molecule has 0 atom stereocenters. The van der Waals surface area contributed by atoms with E-state index in [1.807, 2.05) is 29.6 Å². The molecule has 0 unspecified atom stereocenters. The zero-order chi connectivity index (χ0) is 19.2. The molecule has 0 fully saturated rings. The molecule has 0 saturated carbocycles. The maximum atomic E-state index is 12.2. The van der Waals surface area contributed by atoms with Crippen LogP contribution in [0, 0.1) is 13.8 Å². The molecule has 27 heavy (non-hydrogen) atoms. The molecule has 0 radical (unpaired) electrons. The molecule has 6 heteroatoms. The van der Waals surface area contributed by atoms with Gasteiger partial charge >= 0.3 is 0 Å². The molecule has 2 aromatic carbocycles. The van der Waals surface area contributed by atoms with Crippen molar-refractivity contribution in [2.45, 2.75) is 25.2 Å². The van der Waals surface area contributed by atoms with E-state index >= 15 is 0 Å². The summed E-state index contributed by atoms with van der Waals surface area (Å²) >= 11 is 3.11. The highest BCUT2D eigenvalue weighted by molar-refractivity contribution is 7.99. The van der Waals surface area contributed by atoms with E-state index in [4.69, 9.17) is 4.74 Å². The highest BCUT2D eigenvalue weighted by atomic mass is 32.2. The minimum Gasteiger partial charge on any atom is -0.497 e. The van der Waals surface area contributed by atoms with Gasteiger partial charge in [-0.2, -0.15) is 0 Å². The lowest BCUT2D eigenvalue weighted by molar-refractivity contribution is -0.115. The Morgan fingerprint density at radius 3 is 2.67 bits per heavy atom. The summed E-state index contributed by atoms with van der Waals surface area (Å²) in [6, 6.07) is 14.1. The molecule has 1 N–H and O–H groups in total. The average Bonchev–Trinajstić information content (AvgIpc) is 3.10. The van der Waals surface area contributed by atoms with Gasteiger partial charge in [-0.1, -0.05) is 23.8 Å². The molecule has 0 aliphatic heterocycles. The molecule has 0 bridgehead atoms. The average molecular weight is 399 g/mol. The highest BCUT2D eigenvalue weighted by Gasteiger charge is 2.10. The first-order valence-corrected chi connectivity index (χ1v) is 10.5. The second-order valence-electron chi connectivity index (χ2n) is 6.18. The van der Waals surface area contributed by atoms with Crippen LogP contribution in [0.5, 0.6) is 5.75 Å². The molecule has 1 aromatic heterocycles. The third-order valence-electron chi connectivity index (χ3n) is 4.07. The van der Waals surface area contributed by atoms with Crippen molar-refractivity contribution in [3.8, 4) is 17.0 Å². The van der Waals surface area contributed by atoms with Gasteiger partial charge in [-0.15, -0.1) is 23.1 Å². The molecule has 1 heterocycles. The summed E-state index contributed by atoms with van der Waals surface area (Å²) in [6.45, 7) is 4.16. The molecular formula is C21H22N2O2S2. The van der Waals surface area contributed by atoms with Crippen molar-refractivity contribution in [1.29, 1.82) is 0 Å². The summed E-state index contributed by atoms with van der Waals surface area (Å²) in [5.41, 5.74) is 4.43. The van der Waals surface area contributed by atoms with E-state index in [0.29, 0.717) is 17.3 Å². The monoisotopic (exact) mass is 398 g/mol. The van der Waals surface area contributed by atoms with Crippen LogP contribution in [0.4, 0.5) is 5.13 Å². The summed E-state index contributed by atoms with van der Waals surface area (Å²) in [7, 11) is 1.65. The second-order valence-corrected chi connectivity index (χ2v) is 8.20. The molecule has 0 spiro atoms. The van der Waals surface area contributed by atoms with Gasteiger partial charge in [0.1, 0.15) is 5.75 Å². The lowest BCUT2D eigenvalue weighted by atomic mass is 10.0. The number of ether oxygens (including phenoxy) is 1. The third kappa shape index (κ3) is 5.34. The maximum absolute atomic E-state index is 12.2. The number of hydrogen-bond donors (Lipinski definition) is 1. The molecule has 3 aromatic rings. The first-order valence-electron chi connectivity index (χ1n) is 8.65. The number of carbonyl (C=O) groups is 1. The molecule has 0 aliphatic carbocycles. The number of nitrogens with one attached hydrogen (secondary N) is 1. The number of benzene rings is 2. The van der Waals surface area contributed by atoms with Gasteiger partial charge < -0.3 is 10.1 Å². The van der Waals surface area contributed by atoms with Gasteiger partial charge in [0.2, 0.25) is 5.91 Å². The van der Waals surface area contributed by atoms with E-state index in [9.17, 15) is 4.79 Å². The predicted octanol–water partition coefficient (Wildman–Crippen LogP) is 5.56. The van der Waals surface area contributed by atoms with E-state index in [1.54, 1.807) is 18.9 Å². The zero-order valence-electron chi connectivity index (χ0n) is 15.6. The van der Waals surface area contributed by atoms with Gasteiger partial charge in [0.15, 0.2) is 5.13 Å². The number of carbonyl (C=O) groups excluding carboxylic acids is 1. The largest absolute Gasteiger partial charge is 0.497 e. The number of aromatic nitrogens is 1. The molecule has 0 aliphatic rings. The Morgan fingerprint density at radius 1 is 1.19 bits per heavy atom. The Bertz CT molecular complexity index is 920. The van der Waals surface area contributed by atoms with Gasteiger partial charge in [0.05, 0.1) is 12.8 Å². The van der Waals surface area contributed by atoms with Crippen LogP contribution in [-0.2, 0) is 4.79 Å². The van der Waals surface area contributed by atoms with Crippen LogP contribution < -0.4 is 10.1 Å². The van der Waals surface area contributed by atoms with E-state index in [0.717, 1.165) is 21.9 Å². The van der Waals surface area contributed by atoms with Crippen LogP contribution >= 0.6 is 23.1 Å². The quantitative estimate of drug-likeness (QED) is 0.530. The number of aryl methyl sites for hydroxylation is 2. The number of methoxy groups -OCH3 is 1. The molecule has 4 nitrogen and oxygen atoms in total. The van der Waals surface area contributed by atoms with Crippen LogP contribution in [0.3, 0.4) is 0 Å². The van der Waals surface area contributed by atoms with E-state index in [2.05, 4.69) is 42.3 Å². The molecule has 3 rings (SSSR count). The summed E-state index contributed by atoms with van der Waals surface area (Å²) < 4.78 is 5.15. The third-order valence-corrected chi connectivity index (χ3v) is 5.84. The summed E-state index contributed by atoms with van der Waals surface area (Å²) in [6.07, 6.45) is 0.440. The number of rotatable bonds is 7. The number of thioether (sulfide) groups is 1. The van der Waals surface area contributed by atoms with Gasteiger partial charge in [0.25, 0.3) is 0 Å². The number of anilines is 1. The van der Waals surface area contributed by atoms with Crippen molar-refractivity contribution >= 4 is 34.1 Å². The highest BCUT2D eigenvalue weighted by Crippen LogP contribution is 2.28. The molecular weight excluding hydrogens is 376 g/mol. The number of nitrogens with zero attached hydrogens (tertiary/aromatic N) is 1. The summed E-state index contributed by atoms with van der Waals surface area (Å²) in [4.78, 5) is 17.9. The standard InChI is InChI=1S/C21H22N2O2S2/c1-14-4-9-18(15(2)12-14)19-13-27-21(22-19)23-20(24)10-11-26-17-7-5-16(25-3)6-8-17/h4-9,12-13H,10-11H2,1-3H3,(H,22,23,24). The van der Waals surface area contributed by atoms with Crippen molar-refractivity contribution < 1.29 is 9.53 Å². The minimum absolute atomic E-state index is 0.0162. The van der Waals surface area contributed by atoms with Crippen molar-refractivity contribution in [2.24, 2.45) is 0 Å². The van der Waals surface area contributed by atoms with Crippen LogP contribution in [-0.4, -0.2) is 23.8 Å². The smallest absolute Gasteiger partial charge is 0.226 e. The van der Waals surface area contributed by atoms with Gasteiger partial charge in [-0.3, -0.25) is 4.79 Å². The lowest BCUT2D eigenvalue weighted by Gasteiger charge is -2.04. The fraction of sp³-hybridized carbons (Fsp3) is 0.238. The van der Waals surface area contributed by atoms with E-state index in [-0.39, 0.29) is 5.91 Å². The van der Waals surface area contributed by atoms with Crippen molar-refractivity contribution in [3.05, 3.63) is 59.0 Å². The first kappa shape index (κ1) is 19.5. The predicted molar refractivity (Wildman–Crippen MR) is 114 cm³/mol. The summed E-state index contributed by atoms with van der Waals surface area (Å²) in [5, 5.41) is 5.53. The van der Waals surface area contributed by atoms with Crippen LogP contribution in [0.25, 0.3) is 11.3 Å². The Balaban J connectivity index is 1.51. The number of amides is 1. The Hall–Kier alpha value is -2.31. The molecule has 140 valence electrons. The Kier molecular flexibility index (Phi) is 6.53. The van der Waals surface area contributed by atoms with E-state index < -0.39 is 0 Å². The first-order chi connectivity index (χ1) is 13.0. The van der Waals surface area contributed by atoms with Crippen LogP contribution in [0.1, 0.15) is 17.5 Å². The zero-order valence-corrected chi connectivity index (χ0v) is 17.2. The fourth-order valence-electron chi connectivity index (χ4n) is 2.67. The fourth-order valence-corrected chi connectivity index (χ4v) is 4.25. The van der Waals surface area contributed by atoms with Crippen molar-refractivity contribution in [3.63, 3.8) is 0 Å². The van der Waals surface area contributed by atoms with Gasteiger partial charge in [-0.05, 0) is 43.7 Å². The Labute approximate surface area is 168 Å². The maximum Gasteiger partial charge on any atom is 0.226 e. The number of hydrogen-bond acceptors (Lipinski definition) is 5. The van der Waals surface area contributed by atoms with Crippen LogP contribution in [0.15, 0.2) is 52.7 Å². The Morgan fingerprint density at radius 2 is 1.96 bits per heavy atom. The van der Waals surface area contributed by atoms with Crippen molar-refractivity contribution in [2.75, 3.05) is 18.2 Å². The SMILES string of the molecule is COc1ccc(SCCC(=O)Nc2nc(-c3ccc(C)cc3C)cs2)cc1. The molecule has 1 amide bonds. The number of thiazole rings is 1. The topological polar surface area (TPSA) is 51.2 Å². The minimum atomic E-state index is -0.0162. The normalized spacial score (nSPS) is 10.6. The van der Waals surface area contributed by atoms with Crippen molar-refractivity contribution in [1.82, 2.24) is 4.98 Å².